The molecule has 81 heavy (non-hydrogen) atoms. The minimum absolute atomic E-state index is 0.000298. The van der Waals surface area contributed by atoms with Crippen molar-refractivity contribution < 1.29 is 49.3 Å². The highest BCUT2D eigenvalue weighted by Crippen LogP contribution is 2.23. The van der Waals surface area contributed by atoms with Crippen molar-refractivity contribution in [1.29, 1.82) is 0 Å². The minimum atomic E-state index is -1.57. The second-order valence-electron chi connectivity index (χ2n) is 24.2. The standard InChI is InChI=1S/C70H131NO10/c1-3-5-7-9-11-13-37-42-46-50-54-58-66(75)79-59-55-51-47-43-39-36-34-32-30-28-26-24-22-20-18-16-14-15-17-19-21-23-25-27-29-31-33-35-38-41-45-49-53-57-65(74)71-62(63(73)56-52-48-44-40-12-10-8-6-4-2)61-80-70-69(78)68(77)67(76)64(60-72)81-70/h9,11,18,20,52,56,62-64,67-70,72-73,76-78H,3-8,10,12-17,19,21-51,53-55,57-61H2,1-2H3,(H,71,74)/b11-9-,20-18-,56-52+. The van der Waals surface area contributed by atoms with Gasteiger partial charge in [-0.05, 0) is 77.0 Å². The van der Waals surface area contributed by atoms with Gasteiger partial charge in [0.1, 0.15) is 24.4 Å². The third kappa shape index (κ3) is 48.8. The second kappa shape index (κ2) is 59.6. The van der Waals surface area contributed by atoms with E-state index in [1.807, 2.05) is 6.08 Å². The SMILES string of the molecule is CCCC/C=C\CCCCCCCC(=O)OCCCCCCCCCCCCCC/C=C\CCCCCCCCCCCCCCCCCCCC(=O)NC(COC1OC(CO)C(O)C(O)C1O)C(O)/C=C/CCCCCCCCC. The van der Waals surface area contributed by atoms with Gasteiger partial charge >= 0.3 is 5.97 Å². The van der Waals surface area contributed by atoms with Crippen molar-refractivity contribution >= 4 is 11.9 Å². The number of aliphatic hydroxyl groups excluding tert-OH is 5. The molecule has 0 aromatic carbocycles. The van der Waals surface area contributed by atoms with Crippen LogP contribution in [0, 0.1) is 0 Å². The lowest BCUT2D eigenvalue weighted by atomic mass is 9.99. The maximum Gasteiger partial charge on any atom is 0.305 e. The van der Waals surface area contributed by atoms with E-state index in [0.717, 1.165) is 57.8 Å². The molecule has 1 aliphatic heterocycles. The van der Waals surface area contributed by atoms with Gasteiger partial charge in [0.15, 0.2) is 6.29 Å². The average Bonchev–Trinajstić information content (AvgIpc) is 3.48. The van der Waals surface area contributed by atoms with E-state index in [1.165, 1.54) is 250 Å². The van der Waals surface area contributed by atoms with Crippen LogP contribution < -0.4 is 5.32 Å². The summed E-state index contributed by atoms with van der Waals surface area (Å²) >= 11 is 0. The molecule has 0 saturated carbocycles. The fraction of sp³-hybridized carbons (Fsp3) is 0.886. The van der Waals surface area contributed by atoms with Crippen LogP contribution in [0.4, 0.5) is 0 Å². The predicted molar refractivity (Wildman–Crippen MR) is 338 cm³/mol. The number of hydrogen-bond acceptors (Lipinski definition) is 10. The first-order valence-corrected chi connectivity index (χ1v) is 34.8. The fourth-order valence-corrected chi connectivity index (χ4v) is 10.9. The van der Waals surface area contributed by atoms with Crippen LogP contribution in [0.25, 0.3) is 0 Å². The topological polar surface area (TPSA) is 175 Å². The van der Waals surface area contributed by atoms with Crippen LogP contribution in [0.5, 0.6) is 0 Å². The third-order valence-electron chi connectivity index (χ3n) is 16.5. The number of aliphatic hydroxyl groups is 5. The Morgan fingerprint density at radius 1 is 0.444 bits per heavy atom. The van der Waals surface area contributed by atoms with Crippen molar-refractivity contribution in [2.45, 2.75) is 378 Å². The molecule has 1 amide bonds. The molecule has 0 bridgehead atoms. The van der Waals surface area contributed by atoms with E-state index in [9.17, 15) is 35.1 Å². The smallest absolute Gasteiger partial charge is 0.305 e. The molecule has 1 aliphatic rings. The number of hydrogen-bond donors (Lipinski definition) is 6. The number of amides is 1. The van der Waals surface area contributed by atoms with Crippen molar-refractivity contribution in [3.8, 4) is 0 Å². The molecule has 0 aromatic heterocycles. The summed E-state index contributed by atoms with van der Waals surface area (Å²) < 4.78 is 16.7. The molecule has 0 aromatic rings. The number of esters is 1. The van der Waals surface area contributed by atoms with Crippen LogP contribution in [-0.4, -0.2) is 100 Å². The summed E-state index contributed by atoms with van der Waals surface area (Å²) in [6, 6.07) is -0.806. The summed E-state index contributed by atoms with van der Waals surface area (Å²) in [5, 5.41) is 54.3. The Morgan fingerprint density at radius 2 is 0.802 bits per heavy atom. The van der Waals surface area contributed by atoms with Gasteiger partial charge in [-0.15, -0.1) is 0 Å². The Balaban J connectivity index is 1.91. The quantitative estimate of drug-likeness (QED) is 0.0195. The van der Waals surface area contributed by atoms with Crippen molar-refractivity contribution in [3.63, 3.8) is 0 Å². The molecular weight excluding hydrogens is 1010 g/mol. The molecule has 1 rings (SSSR count). The van der Waals surface area contributed by atoms with Crippen LogP contribution in [0.3, 0.4) is 0 Å². The molecule has 1 fully saturated rings. The van der Waals surface area contributed by atoms with Gasteiger partial charge < -0.3 is 45.1 Å². The first-order valence-electron chi connectivity index (χ1n) is 34.8. The van der Waals surface area contributed by atoms with Gasteiger partial charge in [-0.2, -0.15) is 0 Å². The molecule has 11 heteroatoms. The van der Waals surface area contributed by atoms with Crippen molar-refractivity contribution in [2.75, 3.05) is 19.8 Å². The monoisotopic (exact) mass is 1150 g/mol. The molecule has 1 heterocycles. The lowest BCUT2D eigenvalue weighted by Gasteiger charge is -2.40. The molecule has 7 atom stereocenters. The van der Waals surface area contributed by atoms with Crippen LogP contribution in [0.15, 0.2) is 36.5 Å². The molecule has 0 aliphatic carbocycles. The highest BCUT2D eigenvalue weighted by atomic mass is 16.7. The summed E-state index contributed by atoms with van der Waals surface area (Å²) in [6.07, 6.45) is 65.9. The van der Waals surface area contributed by atoms with Crippen molar-refractivity contribution in [3.05, 3.63) is 36.5 Å². The largest absolute Gasteiger partial charge is 0.466 e. The van der Waals surface area contributed by atoms with Crippen LogP contribution in [0.1, 0.15) is 335 Å². The summed E-state index contributed by atoms with van der Waals surface area (Å²) in [7, 11) is 0. The number of nitrogens with one attached hydrogen (secondary N) is 1. The molecule has 7 unspecified atom stereocenters. The van der Waals surface area contributed by atoms with Gasteiger partial charge in [0.25, 0.3) is 0 Å². The number of unbranched alkanes of at least 4 members (excludes halogenated alkanes) is 43. The number of ether oxygens (including phenoxy) is 3. The lowest BCUT2D eigenvalue weighted by Crippen LogP contribution is -2.60. The molecule has 0 spiro atoms. The number of carbonyl (C=O) groups is 2. The van der Waals surface area contributed by atoms with E-state index in [-0.39, 0.29) is 18.5 Å². The van der Waals surface area contributed by atoms with Gasteiger partial charge in [-0.3, -0.25) is 9.59 Å². The molecule has 0 radical (unpaired) electrons. The van der Waals surface area contributed by atoms with E-state index in [2.05, 4.69) is 43.5 Å². The summed E-state index contributed by atoms with van der Waals surface area (Å²) in [5.41, 5.74) is 0. The van der Waals surface area contributed by atoms with Gasteiger partial charge in [0.2, 0.25) is 5.91 Å². The maximum absolute atomic E-state index is 13.0. The second-order valence-corrected chi connectivity index (χ2v) is 24.2. The zero-order valence-corrected chi connectivity index (χ0v) is 52.8. The Hall–Kier alpha value is -2.12. The Labute approximate surface area is 498 Å². The summed E-state index contributed by atoms with van der Waals surface area (Å²) in [5.74, 6) is -0.179. The number of rotatable bonds is 61. The maximum atomic E-state index is 13.0. The normalized spacial score (nSPS) is 18.4. The number of allylic oxidation sites excluding steroid dienone is 5. The number of carbonyl (C=O) groups excluding carboxylic acids is 2. The van der Waals surface area contributed by atoms with E-state index in [0.29, 0.717) is 19.4 Å². The molecule has 1 saturated heterocycles. The van der Waals surface area contributed by atoms with Crippen molar-refractivity contribution in [2.24, 2.45) is 0 Å². The lowest BCUT2D eigenvalue weighted by molar-refractivity contribution is -0.302. The average molecular weight is 1150 g/mol. The molecule has 11 nitrogen and oxygen atoms in total. The van der Waals surface area contributed by atoms with Gasteiger partial charge in [0, 0.05) is 12.8 Å². The van der Waals surface area contributed by atoms with E-state index in [1.54, 1.807) is 6.08 Å². The van der Waals surface area contributed by atoms with Gasteiger partial charge in [-0.1, -0.05) is 281 Å². The molecule has 476 valence electrons. The third-order valence-corrected chi connectivity index (χ3v) is 16.5. The Bertz CT molecular complexity index is 1440. The van der Waals surface area contributed by atoms with Crippen LogP contribution in [0.2, 0.25) is 0 Å². The Morgan fingerprint density at radius 3 is 1.22 bits per heavy atom. The van der Waals surface area contributed by atoms with E-state index < -0.39 is 49.5 Å². The highest BCUT2D eigenvalue weighted by Gasteiger charge is 2.44. The van der Waals surface area contributed by atoms with Crippen molar-refractivity contribution in [1.82, 2.24) is 5.32 Å². The highest BCUT2D eigenvalue weighted by molar-refractivity contribution is 5.76. The molecule has 6 N–H and O–H groups in total. The summed E-state index contributed by atoms with van der Waals surface area (Å²) in [6.45, 7) is 4.30. The van der Waals surface area contributed by atoms with Gasteiger partial charge in [-0.25, -0.2) is 0 Å². The zero-order chi connectivity index (χ0) is 58.7. The van der Waals surface area contributed by atoms with Crippen LogP contribution >= 0.6 is 0 Å². The predicted octanol–water partition coefficient (Wildman–Crippen LogP) is 17.4. The van der Waals surface area contributed by atoms with E-state index >= 15 is 0 Å². The zero-order valence-electron chi connectivity index (χ0n) is 52.8. The van der Waals surface area contributed by atoms with Gasteiger partial charge in [0.05, 0.1) is 32.0 Å². The molecular formula is C70H131NO10. The van der Waals surface area contributed by atoms with E-state index in [4.69, 9.17) is 14.2 Å². The van der Waals surface area contributed by atoms with Crippen LogP contribution in [-0.2, 0) is 23.8 Å². The fourth-order valence-electron chi connectivity index (χ4n) is 10.9. The first kappa shape index (κ1) is 76.9. The minimum Gasteiger partial charge on any atom is -0.466 e. The summed E-state index contributed by atoms with van der Waals surface area (Å²) in [4.78, 5) is 25.0. The Kier molecular flexibility index (Phi) is 56.6. The first-order chi connectivity index (χ1) is 39.7.